The van der Waals surface area contributed by atoms with Crippen LogP contribution < -0.4 is 0 Å². The highest BCUT2D eigenvalue weighted by molar-refractivity contribution is 9.09. The molecule has 1 saturated heterocycles. The Hall–Kier alpha value is -0.0900. The second-order valence-corrected chi connectivity index (χ2v) is 6.73. The Morgan fingerprint density at radius 3 is 2.61 bits per heavy atom. The smallest absolute Gasteiger partial charge is 0.226 e. The average Bonchev–Trinajstić information content (AvgIpc) is 3.13. The fourth-order valence-corrected chi connectivity index (χ4v) is 4.16. The van der Waals surface area contributed by atoms with Gasteiger partial charge in [-0.1, -0.05) is 28.8 Å². The summed E-state index contributed by atoms with van der Waals surface area (Å²) < 4.78 is 5.70. The van der Waals surface area contributed by atoms with Crippen LogP contribution in [0.4, 0.5) is 0 Å². The highest BCUT2D eigenvalue weighted by Crippen LogP contribution is 2.56. The average molecular weight is 316 g/mol. The maximum atomic E-state index is 12.7. The molecule has 0 N–H and O–H groups in total. The summed E-state index contributed by atoms with van der Waals surface area (Å²) in [6, 6.07) is 0.246. The van der Waals surface area contributed by atoms with Crippen LogP contribution in [0.3, 0.4) is 0 Å². The summed E-state index contributed by atoms with van der Waals surface area (Å²) in [5.41, 5.74) is 0. The molecule has 2 aliphatic carbocycles. The minimum atomic E-state index is 0.172. The van der Waals surface area contributed by atoms with Gasteiger partial charge in [-0.3, -0.25) is 4.79 Å². The van der Waals surface area contributed by atoms with Gasteiger partial charge >= 0.3 is 0 Å². The van der Waals surface area contributed by atoms with Gasteiger partial charge in [-0.15, -0.1) is 0 Å². The maximum Gasteiger partial charge on any atom is 0.226 e. The fourth-order valence-electron chi connectivity index (χ4n) is 3.77. The molecule has 1 heterocycles. The van der Waals surface area contributed by atoms with E-state index in [1.165, 1.54) is 25.7 Å². The number of hydrogen-bond donors (Lipinski definition) is 0. The van der Waals surface area contributed by atoms with E-state index in [0.717, 1.165) is 11.9 Å². The van der Waals surface area contributed by atoms with Crippen LogP contribution in [-0.4, -0.2) is 41.4 Å². The molecule has 18 heavy (non-hydrogen) atoms. The predicted molar refractivity (Wildman–Crippen MR) is 73.6 cm³/mol. The molecule has 102 valence electrons. The number of rotatable bonds is 2. The van der Waals surface area contributed by atoms with Gasteiger partial charge < -0.3 is 9.64 Å². The number of halogens is 1. The van der Waals surface area contributed by atoms with Gasteiger partial charge in [0, 0.05) is 17.8 Å². The van der Waals surface area contributed by atoms with Gasteiger partial charge in [0.25, 0.3) is 0 Å². The van der Waals surface area contributed by atoms with Crippen molar-refractivity contribution >= 4 is 21.8 Å². The van der Waals surface area contributed by atoms with E-state index in [9.17, 15) is 4.79 Å². The molecule has 3 rings (SSSR count). The Morgan fingerprint density at radius 1 is 1.33 bits per heavy atom. The second-order valence-electron chi connectivity index (χ2n) is 6.09. The van der Waals surface area contributed by atoms with Crippen molar-refractivity contribution in [2.24, 2.45) is 17.8 Å². The highest BCUT2D eigenvalue weighted by atomic mass is 79.9. The summed E-state index contributed by atoms with van der Waals surface area (Å²) in [5.74, 6) is 2.19. The summed E-state index contributed by atoms with van der Waals surface area (Å²) in [6.45, 7) is 3.56. The molecule has 2 saturated carbocycles. The Morgan fingerprint density at radius 2 is 2.00 bits per heavy atom. The Balaban J connectivity index is 1.64. The van der Waals surface area contributed by atoms with E-state index < -0.39 is 0 Å². The first-order valence-corrected chi connectivity index (χ1v) is 8.32. The highest BCUT2D eigenvalue weighted by Gasteiger charge is 2.56. The number of morpholine rings is 1. The van der Waals surface area contributed by atoms with Gasteiger partial charge in [-0.2, -0.15) is 0 Å². The molecule has 1 amide bonds. The predicted octanol–water partition coefficient (Wildman–Crippen LogP) is 2.43. The molecule has 0 bridgehead atoms. The van der Waals surface area contributed by atoms with Crippen molar-refractivity contribution in [3.05, 3.63) is 0 Å². The van der Waals surface area contributed by atoms with Gasteiger partial charge in [0.1, 0.15) is 0 Å². The molecule has 4 atom stereocenters. The van der Waals surface area contributed by atoms with Crippen LogP contribution in [0.15, 0.2) is 0 Å². The molecule has 4 heteroatoms. The lowest BCUT2D eigenvalue weighted by Gasteiger charge is -2.37. The topological polar surface area (TPSA) is 29.5 Å². The third-order valence-electron chi connectivity index (χ3n) is 4.90. The minimum absolute atomic E-state index is 0.172. The Kier molecular flexibility index (Phi) is 3.68. The zero-order valence-corrected chi connectivity index (χ0v) is 12.6. The number of ether oxygens (including phenoxy) is 1. The lowest BCUT2D eigenvalue weighted by Crippen LogP contribution is -2.52. The van der Waals surface area contributed by atoms with Crippen molar-refractivity contribution in [2.75, 3.05) is 18.5 Å². The van der Waals surface area contributed by atoms with Crippen LogP contribution in [0, 0.1) is 17.8 Å². The maximum absolute atomic E-state index is 12.7. The van der Waals surface area contributed by atoms with Crippen molar-refractivity contribution in [3.63, 3.8) is 0 Å². The zero-order chi connectivity index (χ0) is 12.7. The normalized spacial score (nSPS) is 43.4. The van der Waals surface area contributed by atoms with E-state index in [1.807, 2.05) is 0 Å². The van der Waals surface area contributed by atoms with Crippen molar-refractivity contribution in [2.45, 2.75) is 44.8 Å². The zero-order valence-electron chi connectivity index (χ0n) is 11.0. The van der Waals surface area contributed by atoms with Crippen molar-refractivity contribution < 1.29 is 9.53 Å². The summed E-state index contributed by atoms with van der Waals surface area (Å²) in [5, 5.41) is 0.820. The van der Waals surface area contributed by atoms with Crippen LogP contribution in [0.1, 0.15) is 32.6 Å². The largest absolute Gasteiger partial charge is 0.373 e. The summed E-state index contributed by atoms with van der Waals surface area (Å²) in [7, 11) is 0. The van der Waals surface area contributed by atoms with E-state index in [2.05, 4.69) is 27.8 Å². The van der Waals surface area contributed by atoms with Gasteiger partial charge in [-0.05, 0) is 31.6 Å². The van der Waals surface area contributed by atoms with E-state index in [0.29, 0.717) is 30.3 Å². The Labute approximate surface area is 117 Å². The number of alkyl halides is 1. The second kappa shape index (κ2) is 5.12. The van der Waals surface area contributed by atoms with Crippen molar-refractivity contribution in [3.8, 4) is 0 Å². The molecule has 0 aromatic heterocycles. The fraction of sp³-hybridized carbons (Fsp3) is 0.929. The standard InChI is InChI=1S/C14H22BrNO2/c1-9-8-18-10(6-15)7-16(9)14(17)13-11-4-2-3-5-12(11)13/h9-13H,2-8H2,1H3. The number of nitrogens with zero attached hydrogens (tertiary/aromatic N) is 1. The van der Waals surface area contributed by atoms with E-state index in [-0.39, 0.29) is 12.1 Å². The van der Waals surface area contributed by atoms with E-state index >= 15 is 0 Å². The van der Waals surface area contributed by atoms with Crippen LogP contribution >= 0.6 is 15.9 Å². The molecule has 4 unspecified atom stereocenters. The van der Waals surface area contributed by atoms with Crippen LogP contribution in [0.25, 0.3) is 0 Å². The first kappa shape index (κ1) is 12.9. The number of fused-ring (bicyclic) bond motifs is 1. The first-order valence-electron chi connectivity index (χ1n) is 7.20. The van der Waals surface area contributed by atoms with Crippen molar-refractivity contribution in [1.29, 1.82) is 0 Å². The first-order chi connectivity index (χ1) is 8.72. The quantitative estimate of drug-likeness (QED) is 0.732. The van der Waals surface area contributed by atoms with E-state index in [1.54, 1.807) is 0 Å². The number of carbonyl (C=O) groups is 1. The SMILES string of the molecule is CC1COC(CBr)CN1C(=O)C1C2CCCCC21. The molecule has 0 aromatic carbocycles. The molecule has 3 aliphatic rings. The number of hydrogen-bond acceptors (Lipinski definition) is 2. The Bertz CT molecular complexity index is 324. The molecule has 3 nitrogen and oxygen atoms in total. The number of carbonyl (C=O) groups excluding carboxylic acids is 1. The van der Waals surface area contributed by atoms with Gasteiger partial charge in [0.05, 0.1) is 18.8 Å². The third kappa shape index (κ3) is 2.22. The van der Waals surface area contributed by atoms with Gasteiger partial charge in [-0.25, -0.2) is 0 Å². The van der Waals surface area contributed by atoms with Crippen LogP contribution in [0.2, 0.25) is 0 Å². The van der Waals surface area contributed by atoms with Gasteiger partial charge in [0.15, 0.2) is 0 Å². The molecule has 0 radical (unpaired) electrons. The molecule has 1 aliphatic heterocycles. The van der Waals surface area contributed by atoms with Gasteiger partial charge in [0.2, 0.25) is 5.91 Å². The van der Waals surface area contributed by atoms with E-state index in [4.69, 9.17) is 4.74 Å². The summed E-state index contributed by atoms with van der Waals surface area (Å²) in [4.78, 5) is 14.7. The lowest BCUT2D eigenvalue weighted by molar-refractivity contribution is -0.144. The summed E-state index contributed by atoms with van der Waals surface area (Å²) >= 11 is 3.46. The molecular weight excluding hydrogens is 294 g/mol. The van der Waals surface area contributed by atoms with Crippen molar-refractivity contribution in [1.82, 2.24) is 4.90 Å². The van der Waals surface area contributed by atoms with Crippen LogP contribution in [-0.2, 0) is 9.53 Å². The third-order valence-corrected chi connectivity index (χ3v) is 5.62. The minimum Gasteiger partial charge on any atom is -0.373 e. The monoisotopic (exact) mass is 315 g/mol. The summed E-state index contributed by atoms with van der Waals surface area (Å²) in [6.07, 6.45) is 5.39. The molecule has 0 aromatic rings. The lowest BCUT2D eigenvalue weighted by atomic mass is 10.0. The molecule has 3 fully saturated rings. The number of amides is 1. The molecular formula is C14H22BrNO2. The van der Waals surface area contributed by atoms with Crippen LogP contribution in [0.5, 0.6) is 0 Å². The molecule has 0 spiro atoms.